The zero-order valence-corrected chi connectivity index (χ0v) is 35.4. The van der Waals surface area contributed by atoms with E-state index in [0.29, 0.717) is 17.6 Å². The minimum Gasteiger partial charge on any atom is -0.310 e. The number of hydrogen-bond donors (Lipinski definition) is 0. The van der Waals surface area contributed by atoms with Crippen LogP contribution >= 0.6 is 0 Å². The Bertz CT molecular complexity index is 3270. The summed E-state index contributed by atoms with van der Waals surface area (Å²) >= 11 is 0. The van der Waals surface area contributed by atoms with Gasteiger partial charge >= 0.3 is 0 Å². The molecule has 1 atom stereocenters. The molecule has 1 spiro atoms. The molecule has 0 bridgehead atoms. The fourth-order valence-electron chi connectivity index (χ4n) is 10.2. The van der Waals surface area contributed by atoms with Gasteiger partial charge in [-0.2, -0.15) is 9.97 Å². The first-order valence-corrected chi connectivity index (χ1v) is 21.7. The van der Waals surface area contributed by atoms with Crippen molar-refractivity contribution in [2.45, 2.75) is 31.6 Å². The minimum absolute atomic E-state index is 0.0639. The van der Waals surface area contributed by atoms with E-state index in [1.54, 1.807) is 0 Å². The SMILES string of the molecule is CC(C)(C)c1ccc2c(c1)C1(c3ccccc3-2)c2ccccc2-c2c1c1cc(N(c3ccccc3)c3ccccc3)ccc1n2-c1nc(-c2ccccc2)nc(-c2ccccc2)n1. The summed E-state index contributed by atoms with van der Waals surface area (Å²) in [6, 6.07) is 74.0. The van der Waals surface area contributed by atoms with E-state index < -0.39 is 5.41 Å². The third-order valence-electron chi connectivity index (χ3n) is 13.0. The fraction of sp³-hybridized carbons (Fsp3) is 0.0862. The highest BCUT2D eigenvalue weighted by Gasteiger charge is 2.54. The molecule has 5 heteroatoms. The maximum atomic E-state index is 5.41. The van der Waals surface area contributed by atoms with Crippen molar-refractivity contribution >= 4 is 28.0 Å². The lowest BCUT2D eigenvalue weighted by molar-refractivity contribution is 0.588. The van der Waals surface area contributed by atoms with Crippen molar-refractivity contribution in [2.24, 2.45) is 0 Å². The molecular formula is C58H43N5. The lowest BCUT2D eigenvalue weighted by Crippen LogP contribution is -2.26. The quantitative estimate of drug-likeness (QED) is 0.168. The Morgan fingerprint density at radius 2 is 0.952 bits per heavy atom. The molecule has 0 saturated heterocycles. The molecule has 0 amide bonds. The van der Waals surface area contributed by atoms with Gasteiger partial charge in [-0.3, -0.25) is 4.57 Å². The van der Waals surface area contributed by atoms with Crippen LogP contribution in [0.1, 0.15) is 48.6 Å². The van der Waals surface area contributed by atoms with Crippen LogP contribution in [0.15, 0.2) is 206 Å². The number of para-hydroxylation sites is 2. The average Bonchev–Trinajstić information content (AvgIpc) is 3.94. The topological polar surface area (TPSA) is 46.8 Å². The van der Waals surface area contributed by atoms with Crippen LogP contribution in [0.5, 0.6) is 0 Å². The Hall–Kier alpha value is -7.89. The van der Waals surface area contributed by atoms with Gasteiger partial charge in [0.1, 0.15) is 0 Å². The summed E-state index contributed by atoms with van der Waals surface area (Å²) in [5.74, 6) is 1.82. The second kappa shape index (κ2) is 14.1. The maximum absolute atomic E-state index is 5.41. The zero-order chi connectivity index (χ0) is 42.3. The molecule has 0 N–H and O–H groups in total. The van der Waals surface area contributed by atoms with Gasteiger partial charge in [-0.15, -0.1) is 0 Å². The highest BCUT2D eigenvalue weighted by atomic mass is 15.2. The van der Waals surface area contributed by atoms with Crippen molar-refractivity contribution < 1.29 is 0 Å². The lowest BCUT2D eigenvalue weighted by atomic mass is 9.69. The summed E-state index contributed by atoms with van der Waals surface area (Å²) in [6.07, 6.45) is 0. The van der Waals surface area contributed by atoms with Gasteiger partial charge in [-0.25, -0.2) is 4.98 Å². The van der Waals surface area contributed by atoms with Crippen LogP contribution in [0, 0.1) is 0 Å². The predicted molar refractivity (Wildman–Crippen MR) is 257 cm³/mol. The predicted octanol–water partition coefficient (Wildman–Crippen LogP) is 14.3. The first-order valence-electron chi connectivity index (χ1n) is 21.7. The first kappa shape index (κ1) is 36.9. The number of nitrogens with zero attached hydrogens (tertiary/aromatic N) is 5. The molecule has 300 valence electrons. The van der Waals surface area contributed by atoms with E-state index in [0.717, 1.165) is 44.8 Å². The normalized spacial score (nSPS) is 14.7. The van der Waals surface area contributed by atoms with Gasteiger partial charge in [-0.1, -0.05) is 185 Å². The second-order valence-electron chi connectivity index (χ2n) is 17.6. The Morgan fingerprint density at radius 3 is 1.54 bits per heavy atom. The number of aromatic nitrogens is 4. The summed E-state index contributed by atoms with van der Waals surface area (Å²) in [7, 11) is 0. The van der Waals surface area contributed by atoms with Gasteiger partial charge in [0.2, 0.25) is 5.95 Å². The molecule has 12 rings (SSSR count). The van der Waals surface area contributed by atoms with Gasteiger partial charge in [0.15, 0.2) is 11.6 Å². The fourth-order valence-corrected chi connectivity index (χ4v) is 10.2. The largest absolute Gasteiger partial charge is 0.310 e. The van der Waals surface area contributed by atoms with Crippen molar-refractivity contribution in [3.8, 4) is 51.1 Å². The van der Waals surface area contributed by atoms with Crippen molar-refractivity contribution in [1.82, 2.24) is 19.5 Å². The molecule has 2 aromatic heterocycles. The first-order chi connectivity index (χ1) is 30.9. The molecule has 0 aliphatic heterocycles. The van der Waals surface area contributed by atoms with Crippen LogP contribution in [-0.4, -0.2) is 19.5 Å². The maximum Gasteiger partial charge on any atom is 0.238 e. The van der Waals surface area contributed by atoms with Crippen molar-refractivity contribution in [3.63, 3.8) is 0 Å². The minimum atomic E-state index is -0.636. The van der Waals surface area contributed by atoms with Gasteiger partial charge < -0.3 is 4.90 Å². The molecule has 2 heterocycles. The highest BCUT2D eigenvalue weighted by Crippen LogP contribution is 2.65. The smallest absolute Gasteiger partial charge is 0.238 e. The Balaban J connectivity index is 1.25. The second-order valence-corrected chi connectivity index (χ2v) is 17.6. The lowest BCUT2D eigenvalue weighted by Gasteiger charge is -2.32. The van der Waals surface area contributed by atoms with Crippen LogP contribution < -0.4 is 4.90 Å². The van der Waals surface area contributed by atoms with E-state index in [9.17, 15) is 0 Å². The van der Waals surface area contributed by atoms with Crippen LogP contribution in [0.4, 0.5) is 17.1 Å². The molecule has 8 aromatic carbocycles. The van der Waals surface area contributed by atoms with Gasteiger partial charge in [0.05, 0.1) is 16.6 Å². The number of anilines is 3. The molecule has 2 aliphatic rings. The van der Waals surface area contributed by atoms with Crippen molar-refractivity contribution in [1.29, 1.82) is 0 Å². The average molecular weight is 810 g/mol. The van der Waals surface area contributed by atoms with E-state index >= 15 is 0 Å². The van der Waals surface area contributed by atoms with E-state index in [-0.39, 0.29) is 5.41 Å². The van der Waals surface area contributed by atoms with E-state index in [2.05, 4.69) is 200 Å². The monoisotopic (exact) mass is 809 g/mol. The molecule has 0 saturated carbocycles. The summed E-state index contributed by atoms with van der Waals surface area (Å²) in [6.45, 7) is 6.94. The zero-order valence-electron chi connectivity index (χ0n) is 35.4. The van der Waals surface area contributed by atoms with Crippen molar-refractivity contribution in [2.75, 3.05) is 4.90 Å². The summed E-state index contributed by atoms with van der Waals surface area (Å²) < 4.78 is 2.33. The number of rotatable bonds is 6. The Kier molecular flexibility index (Phi) is 8.25. The number of benzene rings is 8. The number of fused-ring (bicyclic) bond motifs is 12. The molecule has 63 heavy (non-hydrogen) atoms. The van der Waals surface area contributed by atoms with Crippen LogP contribution in [0.2, 0.25) is 0 Å². The van der Waals surface area contributed by atoms with E-state index in [1.165, 1.54) is 44.5 Å². The molecule has 1 unspecified atom stereocenters. The van der Waals surface area contributed by atoms with Crippen molar-refractivity contribution in [3.05, 3.63) is 234 Å². The van der Waals surface area contributed by atoms with Crippen LogP contribution in [0.3, 0.4) is 0 Å². The van der Waals surface area contributed by atoms with Gasteiger partial charge in [0, 0.05) is 44.7 Å². The Morgan fingerprint density at radius 1 is 0.444 bits per heavy atom. The Labute approximate surface area is 367 Å². The third-order valence-corrected chi connectivity index (χ3v) is 13.0. The standard InChI is InChI=1S/C58H43N5/c1-57(2,3)40-32-34-45-44-28-16-18-30-48(44)58(50(45)36-40)49-31-19-17-29-46(49)53-52(58)47-37-43(62(41-24-12-6-13-25-41)42-26-14-7-15-27-42)33-35-51(47)63(53)56-60-54(38-20-8-4-9-21-38)59-55(61-56)39-22-10-5-11-23-39/h4-37H,1-3H3. The number of hydrogen-bond acceptors (Lipinski definition) is 4. The van der Waals surface area contributed by atoms with Crippen LogP contribution in [-0.2, 0) is 10.8 Å². The van der Waals surface area contributed by atoms with Gasteiger partial charge in [0.25, 0.3) is 0 Å². The molecular weight excluding hydrogens is 767 g/mol. The third kappa shape index (κ3) is 5.59. The summed E-state index contributed by atoms with van der Waals surface area (Å²) in [5, 5.41) is 1.14. The summed E-state index contributed by atoms with van der Waals surface area (Å²) in [4.78, 5) is 18.3. The molecule has 0 fully saturated rings. The van der Waals surface area contributed by atoms with E-state index in [1.807, 2.05) is 36.4 Å². The molecule has 0 radical (unpaired) electrons. The van der Waals surface area contributed by atoms with Gasteiger partial charge in [-0.05, 0) is 81.3 Å². The molecule has 2 aliphatic carbocycles. The molecule has 10 aromatic rings. The van der Waals surface area contributed by atoms with Crippen LogP contribution in [0.25, 0.3) is 62.0 Å². The van der Waals surface area contributed by atoms with E-state index in [4.69, 9.17) is 15.0 Å². The highest BCUT2D eigenvalue weighted by molar-refractivity contribution is 6.06. The molecule has 5 nitrogen and oxygen atoms in total. The summed E-state index contributed by atoms with van der Waals surface area (Å²) in [5.41, 5.74) is 16.6.